The van der Waals surface area contributed by atoms with E-state index in [-0.39, 0.29) is 11.6 Å². The van der Waals surface area contributed by atoms with Gasteiger partial charge >= 0.3 is 0 Å². The van der Waals surface area contributed by atoms with E-state index >= 15 is 0 Å². The number of aromatic nitrogens is 2. The van der Waals surface area contributed by atoms with Crippen molar-refractivity contribution < 1.29 is 9.18 Å². The molecule has 4 nitrogen and oxygen atoms in total. The number of hydrogen-bond acceptors (Lipinski definition) is 3. The number of ketones is 1. The van der Waals surface area contributed by atoms with E-state index in [1.54, 1.807) is 47.0 Å². The normalized spacial score (nSPS) is 10.9. The maximum Gasteiger partial charge on any atom is 0.194 e. The first kappa shape index (κ1) is 15.1. The number of hydrogen-bond donors (Lipinski definition) is 1. The molecule has 0 saturated heterocycles. The largest absolute Gasteiger partial charge is 0.382 e. The highest BCUT2D eigenvalue weighted by Gasteiger charge is 2.15. The van der Waals surface area contributed by atoms with Gasteiger partial charge in [0.2, 0.25) is 0 Å². The molecule has 0 aliphatic heterocycles. The quantitative estimate of drug-likeness (QED) is 0.578. The lowest BCUT2D eigenvalue weighted by atomic mass is 10.1. The summed E-state index contributed by atoms with van der Waals surface area (Å²) in [5.41, 5.74) is 9.18. The summed E-state index contributed by atoms with van der Waals surface area (Å²) in [6, 6.07) is 18.6. The number of nitrogens with two attached hydrogens (primary N) is 1. The molecule has 4 rings (SSSR count). The number of pyridine rings is 1. The Kier molecular flexibility index (Phi) is 3.54. The lowest BCUT2D eigenvalue weighted by Crippen LogP contribution is -2.03. The minimum atomic E-state index is -0.323. The van der Waals surface area contributed by atoms with Crippen molar-refractivity contribution >= 4 is 17.2 Å². The number of halogens is 1. The molecule has 0 saturated carbocycles. The highest BCUT2D eigenvalue weighted by Crippen LogP contribution is 2.28. The molecule has 0 aliphatic rings. The molecular formula is C20H14FN3O. The smallest absolute Gasteiger partial charge is 0.194 e. The van der Waals surface area contributed by atoms with Gasteiger partial charge in [-0.05, 0) is 36.4 Å². The molecule has 2 N–H and O–H groups in total. The van der Waals surface area contributed by atoms with Crippen LogP contribution in [-0.4, -0.2) is 15.2 Å². The average Bonchev–Trinajstić information content (AvgIpc) is 2.97. The van der Waals surface area contributed by atoms with E-state index in [9.17, 15) is 9.18 Å². The summed E-state index contributed by atoms with van der Waals surface area (Å²) in [5, 5.41) is 0. The van der Waals surface area contributed by atoms with Gasteiger partial charge in [-0.1, -0.05) is 30.3 Å². The van der Waals surface area contributed by atoms with Gasteiger partial charge in [0.05, 0.1) is 5.69 Å². The Morgan fingerprint density at radius 3 is 2.36 bits per heavy atom. The first-order valence-electron chi connectivity index (χ1n) is 7.77. The van der Waals surface area contributed by atoms with Crippen LogP contribution in [-0.2, 0) is 0 Å². The van der Waals surface area contributed by atoms with E-state index in [1.165, 1.54) is 12.1 Å². The minimum Gasteiger partial charge on any atom is -0.382 e. The van der Waals surface area contributed by atoms with Crippen LogP contribution in [0.15, 0.2) is 72.9 Å². The summed E-state index contributed by atoms with van der Waals surface area (Å²) in [6.07, 6.45) is 1.71. The molecule has 4 aromatic rings. The molecule has 0 atom stereocenters. The highest BCUT2D eigenvalue weighted by molar-refractivity contribution is 6.09. The average molecular weight is 331 g/mol. The number of nitrogen functional groups attached to an aromatic ring is 1. The third kappa shape index (κ3) is 2.65. The Morgan fingerprint density at radius 2 is 1.64 bits per heavy atom. The van der Waals surface area contributed by atoms with Gasteiger partial charge in [0, 0.05) is 22.9 Å². The van der Waals surface area contributed by atoms with Crippen LogP contribution >= 0.6 is 0 Å². The second-order valence-electron chi connectivity index (χ2n) is 5.69. The monoisotopic (exact) mass is 331 g/mol. The van der Waals surface area contributed by atoms with Crippen molar-refractivity contribution in [3.8, 4) is 11.3 Å². The molecule has 25 heavy (non-hydrogen) atoms. The molecule has 2 heterocycles. The van der Waals surface area contributed by atoms with Crippen molar-refractivity contribution in [3.05, 3.63) is 89.9 Å². The Morgan fingerprint density at radius 1 is 0.920 bits per heavy atom. The molecule has 0 bridgehead atoms. The van der Waals surface area contributed by atoms with Crippen LogP contribution in [0, 0.1) is 5.82 Å². The molecule has 0 aliphatic carbocycles. The number of anilines is 1. The van der Waals surface area contributed by atoms with Gasteiger partial charge in [0.1, 0.15) is 11.5 Å². The zero-order valence-electron chi connectivity index (χ0n) is 13.2. The van der Waals surface area contributed by atoms with Crippen molar-refractivity contribution in [2.24, 2.45) is 0 Å². The van der Waals surface area contributed by atoms with E-state index in [0.29, 0.717) is 28.3 Å². The van der Waals surface area contributed by atoms with E-state index in [0.717, 1.165) is 5.56 Å². The van der Waals surface area contributed by atoms with Crippen LogP contribution in [0.25, 0.3) is 16.9 Å². The molecule has 2 aromatic carbocycles. The number of carbonyl (C=O) groups excluding carboxylic acids is 1. The molecule has 0 amide bonds. The maximum atomic E-state index is 13.2. The maximum absolute atomic E-state index is 13.2. The minimum absolute atomic E-state index is 0.0835. The van der Waals surface area contributed by atoms with Crippen LogP contribution in [0.2, 0.25) is 0 Å². The van der Waals surface area contributed by atoms with Crippen molar-refractivity contribution in [2.45, 2.75) is 0 Å². The van der Waals surface area contributed by atoms with Crippen LogP contribution in [0.5, 0.6) is 0 Å². The zero-order valence-corrected chi connectivity index (χ0v) is 13.2. The standard InChI is InChI=1S/C20H14FN3O/c21-16-9-6-13(7-10-16)18-20(22)23-17-11-8-15(12-24(17)18)19(25)14-4-2-1-3-5-14/h1-12H,22H2. The van der Waals surface area contributed by atoms with Crippen molar-refractivity contribution in [2.75, 3.05) is 5.73 Å². The Labute approximate surface area is 143 Å². The van der Waals surface area contributed by atoms with Gasteiger partial charge in [0.25, 0.3) is 0 Å². The van der Waals surface area contributed by atoms with Gasteiger partial charge < -0.3 is 5.73 Å². The predicted molar refractivity (Wildman–Crippen MR) is 94.9 cm³/mol. The lowest BCUT2D eigenvalue weighted by Gasteiger charge is -2.06. The Balaban J connectivity index is 1.86. The fraction of sp³-hybridized carbons (Fsp3) is 0. The lowest BCUT2D eigenvalue weighted by molar-refractivity contribution is 0.103. The number of benzene rings is 2. The number of carbonyl (C=O) groups is 1. The third-order valence-corrected chi connectivity index (χ3v) is 4.06. The summed E-state index contributed by atoms with van der Waals surface area (Å²) in [5.74, 6) is -0.0770. The topological polar surface area (TPSA) is 60.4 Å². The molecular weight excluding hydrogens is 317 g/mol. The van der Waals surface area contributed by atoms with Crippen molar-refractivity contribution in [3.63, 3.8) is 0 Å². The van der Waals surface area contributed by atoms with Crippen LogP contribution in [0.3, 0.4) is 0 Å². The van der Waals surface area contributed by atoms with E-state index in [1.807, 2.05) is 18.2 Å². The second-order valence-corrected chi connectivity index (χ2v) is 5.69. The predicted octanol–water partition coefficient (Wildman–Crippen LogP) is 3.95. The van der Waals surface area contributed by atoms with Crippen molar-refractivity contribution in [1.29, 1.82) is 0 Å². The molecule has 5 heteroatoms. The number of imidazole rings is 1. The third-order valence-electron chi connectivity index (χ3n) is 4.06. The van der Waals surface area contributed by atoms with Gasteiger partial charge in [0.15, 0.2) is 11.6 Å². The van der Waals surface area contributed by atoms with Gasteiger partial charge in [-0.25, -0.2) is 9.37 Å². The number of nitrogens with zero attached hydrogens (tertiary/aromatic N) is 2. The molecule has 0 fully saturated rings. The van der Waals surface area contributed by atoms with E-state index < -0.39 is 0 Å². The summed E-state index contributed by atoms with van der Waals surface area (Å²) >= 11 is 0. The fourth-order valence-corrected chi connectivity index (χ4v) is 2.85. The first-order chi connectivity index (χ1) is 12.1. The van der Waals surface area contributed by atoms with Gasteiger partial charge in [-0.15, -0.1) is 0 Å². The second kappa shape index (κ2) is 5.87. The van der Waals surface area contributed by atoms with Crippen LogP contribution < -0.4 is 5.73 Å². The van der Waals surface area contributed by atoms with Crippen LogP contribution in [0.4, 0.5) is 10.2 Å². The number of rotatable bonds is 3. The molecule has 2 aromatic heterocycles. The van der Waals surface area contributed by atoms with Crippen molar-refractivity contribution in [1.82, 2.24) is 9.38 Å². The molecule has 0 spiro atoms. The summed E-state index contributed by atoms with van der Waals surface area (Å²) in [6.45, 7) is 0. The highest BCUT2D eigenvalue weighted by atomic mass is 19.1. The summed E-state index contributed by atoms with van der Waals surface area (Å²) in [4.78, 5) is 17.0. The molecule has 0 unspecified atom stereocenters. The van der Waals surface area contributed by atoms with Crippen LogP contribution in [0.1, 0.15) is 15.9 Å². The Hall–Kier alpha value is -3.47. The first-order valence-corrected chi connectivity index (χ1v) is 7.77. The van der Waals surface area contributed by atoms with E-state index in [4.69, 9.17) is 5.73 Å². The molecule has 122 valence electrons. The Bertz CT molecular complexity index is 1070. The summed E-state index contributed by atoms with van der Waals surface area (Å²) < 4.78 is 15.0. The van der Waals surface area contributed by atoms with Gasteiger partial charge in [-0.2, -0.15) is 0 Å². The molecule has 0 radical (unpaired) electrons. The SMILES string of the molecule is Nc1nc2ccc(C(=O)c3ccccc3)cn2c1-c1ccc(F)cc1. The summed E-state index contributed by atoms with van der Waals surface area (Å²) in [7, 11) is 0. The van der Waals surface area contributed by atoms with Gasteiger partial charge in [-0.3, -0.25) is 9.20 Å². The fourth-order valence-electron chi connectivity index (χ4n) is 2.85. The number of fused-ring (bicyclic) bond motifs is 1. The zero-order chi connectivity index (χ0) is 17.4. The van der Waals surface area contributed by atoms with E-state index in [2.05, 4.69) is 4.98 Å².